The maximum atomic E-state index is 15.7. The van der Waals surface area contributed by atoms with Gasteiger partial charge in [0.1, 0.15) is 11.4 Å². The van der Waals surface area contributed by atoms with Crippen LogP contribution in [0.5, 0.6) is 0 Å². The lowest BCUT2D eigenvalue weighted by molar-refractivity contribution is -0.138. The van der Waals surface area contributed by atoms with Gasteiger partial charge in [0.25, 0.3) is 5.91 Å². The van der Waals surface area contributed by atoms with E-state index in [4.69, 9.17) is 11.6 Å². The average molecular weight is 413 g/mol. The summed E-state index contributed by atoms with van der Waals surface area (Å²) in [5.41, 5.74) is -3.96. The van der Waals surface area contributed by atoms with Gasteiger partial charge in [0.15, 0.2) is 0 Å². The molecule has 150 valence electrons. The summed E-state index contributed by atoms with van der Waals surface area (Å²) in [6.07, 6.45) is 0.782. The number of benzene rings is 1. The fourth-order valence-corrected chi connectivity index (χ4v) is 3.71. The molecular formula is C19H19ClF2N2O4. The third-order valence-corrected chi connectivity index (χ3v) is 5.37. The van der Waals surface area contributed by atoms with Crippen LogP contribution in [0.2, 0.25) is 5.02 Å². The second kappa shape index (κ2) is 7.71. The van der Waals surface area contributed by atoms with Crippen LogP contribution in [0.3, 0.4) is 0 Å². The number of rotatable bonds is 5. The maximum Gasteiger partial charge on any atom is 0.262 e. The van der Waals surface area contributed by atoms with Crippen LogP contribution < -0.4 is 5.32 Å². The largest absolute Gasteiger partial charge is 0.393 e. The zero-order valence-corrected chi connectivity index (χ0v) is 15.5. The van der Waals surface area contributed by atoms with Crippen LogP contribution in [0.4, 0.5) is 8.78 Å². The molecule has 0 saturated carbocycles. The highest BCUT2D eigenvalue weighted by Gasteiger charge is 2.51. The van der Waals surface area contributed by atoms with Crippen molar-refractivity contribution in [3.05, 3.63) is 63.7 Å². The molecule has 0 bridgehead atoms. The number of halogens is 3. The second-order valence-electron chi connectivity index (χ2n) is 6.76. The molecule has 1 aliphatic carbocycles. The average Bonchev–Trinajstić information content (AvgIpc) is 2.69. The molecule has 2 atom stereocenters. The Morgan fingerprint density at radius 2 is 2.07 bits per heavy atom. The number of carbonyl (C=O) groups is 1. The highest BCUT2D eigenvalue weighted by Crippen LogP contribution is 2.45. The third-order valence-electron chi connectivity index (χ3n) is 5.03. The van der Waals surface area contributed by atoms with Gasteiger partial charge in [0.2, 0.25) is 5.67 Å². The van der Waals surface area contributed by atoms with Gasteiger partial charge in [0.05, 0.1) is 18.9 Å². The normalized spacial score (nSPS) is 23.9. The molecule has 3 rings (SSSR count). The smallest absolute Gasteiger partial charge is 0.262 e. The van der Waals surface area contributed by atoms with E-state index < -0.39 is 36.2 Å². The number of aliphatic hydroxyl groups excluding tert-OH is 2. The predicted molar refractivity (Wildman–Crippen MR) is 96.4 cm³/mol. The van der Waals surface area contributed by atoms with Gasteiger partial charge in [-0.1, -0.05) is 17.7 Å². The topological polar surface area (TPSA) is 103 Å². The number of aliphatic hydroxyl groups is 3. The molecule has 2 aromatic rings. The third kappa shape index (κ3) is 3.48. The first-order valence-corrected chi connectivity index (χ1v) is 8.97. The number of fused-ring (bicyclic) bond motifs is 1. The molecule has 1 aromatic heterocycles. The number of amides is 1. The Bertz CT molecular complexity index is 913. The van der Waals surface area contributed by atoms with Gasteiger partial charge < -0.3 is 20.6 Å². The number of hydrogen-bond donors (Lipinski definition) is 4. The molecular weight excluding hydrogens is 394 g/mol. The Labute approximate surface area is 164 Å². The number of pyridine rings is 1. The van der Waals surface area contributed by atoms with Crippen LogP contribution >= 0.6 is 11.6 Å². The zero-order valence-electron chi connectivity index (χ0n) is 14.8. The quantitative estimate of drug-likeness (QED) is 0.600. The second-order valence-corrected chi connectivity index (χ2v) is 7.16. The highest BCUT2D eigenvalue weighted by atomic mass is 35.5. The van der Waals surface area contributed by atoms with Crippen LogP contribution in [0, 0.1) is 5.82 Å². The first-order chi connectivity index (χ1) is 13.2. The number of hydrogen-bond acceptors (Lipinski definition) is 5. The minimum absolute atomic E-state index is 0.00220. The van der Waals surface area contributed by atoms with Crippen molar-refractivity contribution in [2.24, 2.45) is 0 Å². The van der Waals surface area contributed by atoms with Crippen LogP contribution in [0.1, 0.15) is 35.2 Å². The fraction of sp³-hybridized carbons (Fsp3) is 0.368. The van der Waals surface area contributed by atoms with E-state index in [-0.39, 0.29) is 46.8 Å². The summed E-state index contributed by atoms with van der Waals surface area (Å²) in [5, 5.41) is 31.8. The zero-order chi connectivity index (χ0) is 20.5. The van der Waals surface area contributed by atoms with Gasteiger partial charge in [-0.05, 0) is 42.2 Å². The summed E-state index contributed by atoms with van der Waals surface area (Å²) in [6.45, 7) is -1.38. The first kappa shape index (κ1) is 20.6. The fourth-order valence-electron chi connectivity index (χ4n) is 3.42. The van der Waals surface area contributed by atoms with E-state index in [1.807, 2.05) is 0 Å². The van der Waals surface area contributed by atoms with Crippen LogP contribution in [-0.4, -0.2) is 32.8 Å². The van der Waals surface area contributed by atoms with Crippen molar-refractivity contribution in [1.29, 1.82) is 0 Å². The number of carbonyl (C=O) groups excluding carboxylic acids is 1. The van der Waals surface area contributed by atoms with Gasteiger partial charge in [-0.2, -0.15) is 0 Å². The first-order valence-electron chi connectivity index (χ1n) is 8.59. The van der Waals surface area contributed by atoms with Crippen molar-refractivity contribution < 1.29 is 28.9 Å². The molecule has 0 fully saturated rings. The molecule has 0 spiro atoms. The van der Waals surface area contributed by atoms with Gasteiger partial charge in [-0.15, -0.1) is 0 Å². The van der Waals surface area contributed by atoms with Crippen molar-refractivity contribution >= 4 is 17.5 Å². The van der Waals surface area contributed by atoms with Crippen LogP contribution in [-0.2, 0) is 29.2 Å². The van der Waals surface area contributed by atoms with Gasteiger partial charge >= 0.3 is 0 Å². The van der Waals surface area contributed by atoms with E-state index in [0.717, 1.165) is 12.1 Å². The molecule has 28 heavy (non-hydrogen) atoms. The Balaban J connectivity index is 1.88. The van der Waals surface area contributed by atoms with Crippen LogP contribution in [0.25, 0.3) is 0 Å². The van der Waals surface area contributed by atoms with Crippen molar-refractivity contribution in [1.82, 2.24) is 10.3 Å². The SMILES string of the molecule is O=C(NCc1c(Cl)cc(F)cc1CO)[C@]1(F)CC[C@@](O)(CO)c2ncccc21. The molecule has 0 saturated heterocycles. The summed E-state index contributed by atoms with van der Waals surface area (Å²) < 4.78 is 29.1. The van der Waals surface area contributed by atoms with E-state index in [2.05, 4.69) is 10.3 Å². The minimum atomic E-state index is -2.48. The molecule has 1 heterocycles. The molecule has 4 N–H and O–H groups in total. The Morgan fingerprint density at radius 1 is 1.32 bits per heavy atom. The van der Waals surface area contributed by atoms with Gasteiger partial charge in [-0.25, -0.2) is 8.78 Å². The summed E-state index contributed by atoms with van der Waals surface area (Å²) in [6, 6.07) is 4.89. The molecule has 1 amide bonds. The molecule has 9 heteroatoms. The Morgan fingerprint density at radius 3 is 2.75 bits per heavy atom. The highest BCUT2D eigenvalue weighted by molar-refractivity contribution is 6.31. The summed E-state index contributed by atoms with van der Waals surface area (Å²) in [7, 11) is 0. The monoisotopic (exact) mass is 412 g/mol. The van der Waals surface area contributed by atoms with Crippen LogP contribution in [0.15, 0.2) is 30.5 Å². The molecule has 0 radical (unpaired) electrons. The summed E-state index contributed by atoms with van der Waals surface area (Å²) >= 11 is 5.99. The predicted octanol–water partition coefficient (Wildman–Crippen LogP) is 1.82. The van der Waals surface area contributed by atoms with E-state index in [9.17, 15) is 24.5 Å². The lowest BCUT2D eigenvalue weighted by atomic mass is 9.74. The number of nitrogens with zero attached hydrogens (tertiary/aromatic N) is 1. The van der Waals surface area contributed by atoms with E-state index >= 15 is 4.39 Å². The molecule has 0 unspecified atom stereocenters. The van der Waals surface area contributed by atoms with E-state index in [0.29, 0.717) is 0 Å². The van der Waals surface area contributed by atoms with Crippen molar-refractivity contribution in [2.75, 3.05) is 6.61 Å². The number of aromatic nitrogens is 1. The Hall–Kier alpha value is -2.13. The molecule has 1 aromatic carbocycles. The van der Waals surface area contributed by atoms with E-state index in [1.54, 1.807) is 0 Å². The van der Waals surface area contributed by atoms with Gasteiger partial charge in [0, 0.05) is 23.3 Å². The van der Waals surface area contributed by atoms with Crippen molar-refractivity contribution in [3.63, 3.8) is 0 Å². The van der Waals surface area contributed by atoms with Crippen molar-refractivity contribution in [2.45, 2.75) is 37.3 Å². The minimum Gasteiger partial charge on any atom is -0.393 e. The number of alkyl halides is 1. The Kier molecular flexibility index (Phi) is 5.67. The lowest BCUT2D eigenvalue weighted by Crippen LogP contribution is -2.49. The molecule has 6 nitrogen and oxygen atoms in total. The van der Waals surface area contributed by atoms with E-state index in [1.165, 1.54) is 18.3 Å². The standard InChI is InChI=1S/C19H19ClF2N2O4/c20-15-7-12(21)6-11(9-25)13(15)8-24-17(27)19(22)4-3-18(28,10-26)16-14(19)2-1-5-23-16/h1-2,5-7,25-26,28H,3-4,8-10H2,(H,24,27)/t18-,19+/m1/s1. The summed E-state index contributed by atoms with van der Waals surface area (Å²) in [4.78, 5) is 16.7. The van der Waals surface area contributed by atoms with Crippen molar-refractivity contribution in [3.8, 4) is 0 Å². The maximum absolute atomic E-state index is 15.7. The molecule has 0 aliphatic heterocycles. The molecule has 1 aliphatic rings. The summed E-state index contributed by atoms with van der Waals surface area (Å²) in [5.74, 6) is -1.62. The lowest BCUT2D eigenvalue weighted by Gasteiger charge is -2.38. The van der Waals surface area contributed by atoms with Gasteiger partial charge in [-0.3, -0.25) is 9.78 Å². The number of nitrogens with one attached hydrogen (secondary N) is 1.